The summed E-state index contributed by atoms with van der Waals surface area (Å²) in [5, 5.41) is 4.74. The highest BCUT2D eigenvalue weighted by Crippen LogP contribution is 2.50. The van der Waals surface area contributed by atoms with Crippen LogP contribution in [-0.2, 0) is 5.41 Å². The first-order valence-electron chi connectivity index (χ1n) is 22.8. The Hall–Kier alpha value is -8.40. The van der Waals surface area contributed by atoms with Crippen molar-refractivity contribution < 1.29 is 4.42 Å². The minimum atomic E-state index is -0.0463. The van der Waals surface area contributed by atoms with E-state index >= 15 is 0 Å². The van der Waals surface area contributed by atoms with Crippen molar-refractivity contribution in [2.24, 2.45) is 0 Å². The number of fused-ring (bicyclic) bond motifs is 9. The van der Waals surface area contributed by atoms with Gasteiger partial charge in [0.25, 0.3) is 0 Å². The molecule has 1 aliphatic rings. The molecule has 3 heteroatoms. The van der Waals surface area contributed by atoms with E-state index in [1.165, 1.54) is 60.8 Å². The SMILES string of the molecule is CC1(C)c2ccccc2-c2ccc(-c3ccc(N(c4ccc(-c5ccccc5)cc4)c4ccc(-c5ccc(-n6c7ccccc7c7cc8c(cc76)oc6ccccc68)cc5)cc4)cc3)cc21. The van der Waals surface area contributed by atoms with Crippen LogP contribution in [0.1, 0.15) is 25.0 Å². The van der Waals surface area contributed by atoms with Gasteiger partial charge in [-0.2, -0.15) is 0 Å². The first kappa shape index (κ1) is 38.1. The van der Waals surface area contributed by atoms with Gasteiger partial charge in [0.2, 0.25) is 0 Å². The maximum Gasteiger partial charge on any atom is 0.137 e. The first-order chi connectivity index (χ1) is 32.5. The first-order valence-corrected chi connectivity index (χ1v) is 22.8. The number of aromatic nitrogens is 1. The van der Waals surface area contributed by atoms with Crippen LogP contribution in [0, 0.1) is 0 Å². The number of para-hydroxylation sites is 2. The number of anilines is 3. The summed E-state index contributed by atoms with van der Waals surface area (Å²) in [6.07, 6.45) is 0. The zero-order valence-electron chi connectivity index (χ0n) is 36.7. The zero-order valence-corrected chi connectivity index (χ0v) is 36.7. The second-order valence-corrected chi connectivity index (χ2v) is 18.1. The summed E-state index contributed by atoms with van der Waals surface area (Å²) in [5.41, 5.74) is 21.1. The molecule has 312 valence electrons. The standard InChI is InChI=1S/C63H44N2O/c1-63(2)57-17-9-6-14-51(57)52-37-28-46(38-58(52)63)45-26-33-49(34-27-45)64(47-29-20-42(21-30-47)41-12-4-3-5-13-41)48-31-22-43(23-32-48)44-24-35-50(36-25-44)65-59-18-10-7-15-53(59)55-39-56-54-16-8-11-19-61(54)66-62(56)40-60(55)65/h3-40H,1-2H3. The summed E-state index contributed by atoms with van der Waals surface area (Å²) < 4.78 is 8.73. The smallest absolute Gasteiger partial charge is 0.137 e. The lowest BCUT2D eigenvalue weighted by Crippen LogP contribution is -2.14. The van der Waals surface area contributed by atoms with Crippen LogP contribution in [0.2, 0.25) is 0 Å². The van der Waals surface area contributed by atoms with Crippen LogP contribution < -0.4 is 4.90 Å². The van der Waals surface area contributed by atoms with Crippen LogP contribution in [-0.4, -0.2) is 4.57 Å². The fraction of sp³-hybridized carbons (Fsp3) is 0.0476. The molecule has 13 rings (SSSR count). The topological polar surface area (TPSA) is 21.3 Å². The highest BCUT2D eigenvalue weighted by Gasteiger charge is 2.35. The van der Waals surface area contributed by atoms with E-state index in [4.69, 9.17) is 4.42 Å². The van der Waals surface area contributed by atoms with Crippen LogP contribution in [0.5, 0.6) is 0 Å². The predicted octanol–water partition coefficient (Wildman–Crippen LogP) is 17.5. The number of rotatable bonds is 7. The summed E-state index contributed by atoms with van der Waals surface area (Å²) in [5.74, 6) is 0. The molecule has 0 amide bonds. The van der Waals surface area contributed by atoms with Crippen molar-refractivity contribution in [1.82, 2.24) is 4.57 Å². The van der Waals surface area contributed by atoms with Crippen molar-refractivity contribution in [3.8, 4) is 50.2 Å². The van der Waals surface area contributed by atoms with Gasteiger partial charge in [-0.15, -0.1) is 0 Å². The zero-order chi connectivity index (χ0) is 43.9. The van der Waals surface area contributed by atoms with Gasteiger partial charge < -0.3 is 13.9 Å². The lowest BCUT2D eigenvalue weighted by molar-refractivity contribution is 0.660. The monoisotopic (exact) mass is 844 g/mol. The lowest BCUT2D eigenvalue weighted by Gasteiger charge is -2.26. The van der Waals surface area contributed by atoms with Crippen molar-refractivity contribution in [1.29, 1.82) is 0 Å². The Morgan fingerprint density at radius 1 is 0.348 bits per heavy atom. The molecule has 12 aromatic rings. The number of hydrogen-bond acceptors (Lipinski definition) is 2. The molecule has 0 radical (unpaired) electrons. The molecule has 0 saturated heterocycles. The number of benzene rings is 10. The van der Waals surface area contributed by atoms with E-state index in [-0.39, 0.29) is 5.41 Å². The Balaban J connectivity index is 0.841. The van der Waals surface area contributed by atoms with E-state index in [2.05, 4.69) is 242 Å². The summed E-state index contributed by atoms with van der Waals surface area (Å²) in [6.45, 7) is 4.69. The van der Waals surface area contributed by atoms with Crippen LogP contribution in [0.25, 0.3) is 93.9 Å². The normalized spacial score (nSPS) is 12.8. The Morgan fingerprint density at radius 2 is 0.864 bits per heavy atom. The third-order valence-corrected chi connectivity index (χ3v) is 14.0. The third-order valence-electron chi connectivity index (χ3n) is 14.0. The molecule has 0 unspecified atom stereocenters. The predicted molar refractivity (Wildman–Crippen MR) is 277 cm³/mol. The largest absolute Gasteiger partial charge is 0.456 e. The summed E-state index contributed by atoms with van der Waals surface area (Å²) >= 11 is 0. The average molecular weight is 845 g/mol. The van der Waals surface area contributed by atoms with Gasteiger partial charge in [0.05, 0.1) is 11.0 Å². The van der Waals surface area contributed by atoms with Gasteiger partial charge in [0, 0.05) is 55.8 Å². The summed E-state index contributed by atoms with van der Waals surface area (Å²) in [6, 6.07) is 83.8. The van der Waals surface area contributed by atoms with E-state index in [9.17, 15) is 0 Å². The van der Waals surface area contributed by atoms with Crippen molar-refractivity contribution in [2.45, 2.75) is 19.3 Å². The van der Waals surface area contributed by atoms with Gasteiger partial charge in [0.15, 0.2) is 0 Å². The van der Waals surface area contributed by atoms with Crippen molar-refractivity contribution in [2.75, 3.05) is 4.90 Å². The van der Waals surface area contributed by atoms with Crippen LogP contribution in [0.15, 0.2) is 235 Å². The van der Waals surface area contributed by atoms with E-state index in [0.29, 0.717) is 0 Å². The van der Waals surface area contributed by atoms with Crippen molar-refractivity contribution in [3.05, 3.63) is 242 Å². The Kier molecular flexibility index (Phi) is 8.56. The van der Waals surface area contributed by atoms with E-state index in [1.807, 2.05) is 12.1 Å². The highest BCUT2D eigenvalue weighted by molar-refractivity contribution is 6.17. The Bertz CT molecular complexity index is 3800. The van der Waals surface area contributed by atoms with Crippen LogP contribution in [0.4, 0.5) is 17.1 Å². The van der Waals surface area contributed by atoms with Gasteiger partial charge in [-0.25, -0.2) is 0 Å². The lowest BCUT2D eigenvalue weighted by atomic mass is 9.81. The molecule has 0 atom stereocenters. The van der Waals surface area contributed by atoms with Crippen LogP contribution in [0.3, 0.4) is 0 Å². The molecule has 0 saturated carbocycles. The quantitative estimate of drug-likeness (QED) is 0.159. The molecule has 2 heterocycles. The van der Waals surface area contributed by atoms with Crippen LogP contribution >= 0.6 is 0 Å². The molecular weight excluding hydrogens is 801 g/mol. The van der Waals surface area contributed by atoms with Gasteiger partial charge in [0.1, 0.15) is 11.2 Å². The van der Waals surface area contributed by atoms with E-state index in [1.54, 1.807) is 0 Å². The molecule has 10 aromatic carbocycles. The summed E-state index contributed by atoms with van der Waals surface area (Å²) in [4.78, 5) is 2.36. The molecule has 3 nitrogen and oxygen atoms in total. The fourth-order valence-corrected chi connectivity index (χ4v) is 10.6. The maximum absolute atomic E-state index is 6.37. The minimum absolute atomic E-state index is 0.0463. The van der Waals surface area contributed by atoms with Gasteiger partial charge in [-0.3, -0.25) is 0 Å². The second kappa shape index (κ2) is 14.8. The van der Waals surface area contributed by atoms with E-state index < -0.39 is 0 Å². The summed E-state index contributed by atoms with van der Waals surface area (Å²) in [7, 11) is 0. The maximum atomic E-state index is 6.37. The number of hydrogen-bond donors (Lipinski definition) is 0. The van der Waals surface area contributed by atoms with Gasteiger partial charge >= 0.3 is 0 Å². The molecule has 2 aromatic heterocycles. The van der Waals surface area contributed by atoms with Gasteiger partial charge in [-0.05, 0) is 128 Å². The highest BCUT2D eigenvalue weighted by atomic mass is 16.3. The molecule has 0 aliphatic heterocycles. The minimum Gasteiger partial charge on any atom is -0.456 e. The molecule has 0 N–H and O–H groups in total. The Labute approximate surface area is 384 Å². The Morgan fingerprint density at radius 3 is 1.55 bits per heavy atom. The molecule has 0 bridgehead atoms. The fourth-order valence-electron chi connectivity index (χ4n) is 10.6. The molecule has 66 heavy (non-hydrogen) atoms. The molecule has 0 fully saturated rings. The van der Waals surface area contributed by atoms with Crippen molar-refractivity contribution in [3.63, 3.8) is 0 Å². The van der Waals surface area contributed by atoms with Gasteiger partial charge in [-0.1, -0.05) is 166 Å². The average Bonchev–Trinajstić information content (AvgIpc) is 3.98. The third kappa shape index (κ3) is 6.04. The molecular formula is C63H44N2O. The van der Waals surface area contributed by atoms with E-state index in [0.717, 1.165) is 61.3 Å². The number of furan rings is 1. The second-order valence-electron chi connectivity index (χ2n) is 18.1. The number of nitrogens with zero attached hydrogens (tertiary/aromatic N) is 2. The van der Waals surface area contributed by atoms with Crippen molar-refractivity contribution >= 4 is 60.8 Å². The molecule has 1 aliphatic carbocycles. The molecule has 0 spiro atoms.